The topological polar surface area (TPSA) is 18.5 Å². The number of fused-ring (bicyclic) bond motifs is 6. The second kappa shape index (κ2) is 4.97. The molecule has 5 fully saturated rings. The molecule has 1 heterocycles. The van der Waals surface area contributed by atoms with Crippen molar-refractivity contribution in [1.82, 2.24) is 0 Å². The Morgan fingerprint density at radius 3 is 2.35 bits per heavy atom. The van der Waals surface area contributed by atoms with Gasteiger partial charge < -0.3 is 9.47 Å². The Labute approximate surface area is 141 Å². The highest BCUT2D eigenvalue weighted by molar-refractivity contribution is 5.12. The van der Waals surface area contributed by atoms with Crippen LogP contribution in [0.15, 0.2) is 0 Å². The van der Waals surface area contributed by atoms with Crippen molar-refractivity contribution in [3.8, 4) is 0 Å². The van der Waals surface area contributed by atoms with E-state index in [0.29, 0.717) is 5.41 Å². The largest absolute Gasteiger partial charge is 0.347 e. The van der Waals surface area contributed by atoms with Gasteiger partial charge >= 0.3 is 0 Å². The second-order valence-electron chi connectivity index (χ2n) is 9.85. The van der Waals surface area contributed by atoms with Gasteiger partial charge in [-0.25, -0.2) is 0 Å². The van der Waals surface area contributed by atoms with E-state index >= 15 is 0 Å². The zero-order chi connectivity index (χ0) is 15.7. The molecule has 1 saturated heterocycles. The summed E-state index contributed by atoms with van der Waals surface area (Å²) in [6, 6.07) is 0. The fourth-order valence-electron chi connectivity index (χ4n) is 8.18. The number of rotatable bonds is 0. The molecule has 0 N–H and O–H groups in total. The summed E-state index contributed by atoms with van der Waals surface area (Å²) in [5.74, 6) is 3.58. The Hall–Kier alpha value is -0.0800. The van der Waals surface area contributed by atoms with Gasteiger partial charge in [-0.3, -0.25) is 0 Å². The van der Waals surface area contributed by atoms with Crippen LogP contribution >= 0.6 is 0 Å². The molecule has 4 aliphatic carbocycles. The zero-order valence-electron chi connectivity index (χ0n) is 15.1. The van der Waals surface area contributed by atoms with Crippen LogP contribution in [0.25, 0.3) is 0 Å². The predicted octanol–water partition coefficient (Wildman–Crippen LogP) is 5.16. The molecular formula is C21H34O2. The summed E-state index contributed by atoms with van der Waals surface area (Å²) in [6.45, 7) is 6.82. The molecule has 2 nitrogen and oxygen atoms in total. The van der Waals surface area contributed by atoms with Gasteiger partial charge in [0.15, 0.2) is 5.79 Å². The SMILES string of the molecule is C[C@@]12CCCC[C@@H]1CC[C@H]1[C@H]3CCC4(OCCO4)[C@]3(C)CC[C@@H]12. The van der Waals surface area contributed by atoms with E-state index in [1.54, 1.807) is 0 Å². The highest BCUT2D eigenvalue weighted by Crippen LogP contribution is 2.69. The summed E-state index contributed by atoms with van der Waals surface area (Å²) < 4.78 is 12.5. The van der Waals surface area contributed by atoms with E-state index < -0.39 is 0 Å². The first-order valence-electron chi connectivity index (χ1n) is 10.4. The molecule has 0 bridgehead atoms. The maximum absolute atomic E-state index is 6.26. The first kappa shape index (κ1) is 15.2. The molecule has 6 atom stereocenters. The highest BCUT2D eigenvalue weighted by atomic mass is 16.7. The van der Waals surface area contributed by atoms with Crippen LogP contribution in [0.1, 0.15) is 78.1 Å². The summed E-state index contributed by atoms with van der Waals surface area (Å²) in [5, 5.41) is 0. The van der Waals surface area contributed by atoms with Crippen molar-refractivity contribution in [2.75, 3.05) is 13.2 Å². The summed E-state index contributed by atoms with van der Waals surface area (Å²) in [4.78, 5) is 0. The quantitative estimate of drug-likeness (QED) is 0.614. The molecule has 1 spiro atoms. The van der Waals surface area contributed by atoms with Gasteiger partial charge in [0.2, 0.25) is 0 Å². The molecule has 0 aromatic carbocycles. The molecule has 2 heteroatoms. The van der Waals surface area contributed by atoms with Crippen LogP contribution < -0.4 is 0 Å². The fourth-order valence-corrected chi connectivity index (χ4v) is 8.18. The van der Waals surface area contributed by atoms with E-state index in [2.05, 4.69) is 13.8 Å². The third-order valence-corrected chi connectivity index (χ3v) is 9.38. The minimum atomic E-state index is -0.215. The van der Waals surface area contributed by atoms with Crippen molar-refractivity contribution in [1.29, 1.82) is 0 Å². The van der Waals surface area contributed by atoms with Gasteiger partial charge in [-0.1, -0.05) is 26.7 Å². The van der Waals surface area contributed by atoms with Crippen molar-refractivity contribution in [3.05, 3.63) is 0 Å². The zero-order valence-corrected chi connectivity index (χ0v) is 15.1. The van der Waals surface area contributed by atoms with Crippen LogP contribution in [-0.2, 0) is 9.47 Å². The van der Waals surface area contributed by atoms with Crippen molar-refractivity contribution in [3.63, 3.8) is 0 Å². The summed E-state index contributed by atoms with van der Waals surface area (Å²) in [6.07, 6.45) is 14.2. The first-order chi connectivity index (χ1) is 11.1. The lowest BCUT2D eigenvalue weighted by molar-refractivity contribution is -0.247. The predicted molar refractivity (Wildman–Crippen MR) is 91.0 cm³/mol. The van der Waals surface area contributed by atoms with E-state index in [0.717, 1.165) is 43.3 Å². The molecule has 4 saturated carbocycles. The second-order valence-corrected chi connectivity index (χ2v) is 9.85. The summed E-state index contributed by atoms with van der Waals surface area (Å²) >= 11 is 0. The lowest BCUT2D eigenvalue weighted by Crippen LogP contribution is -2.56. The Morgan fingerprint density at radius 2 is 1.52 bits per heavy atom. The Kier molecular flexibility index (Phi) is 3.29. The van der Waals surface area contributed by atoms with Crippen LogP contribution in [0.5, 0.6) is 0 Å². The standard InChI is InChI=1S/C21H34O2/c1-19-10-4-3-5-15(19)6-7-16-17(19)8-11-20(2)18(16)9-12-21(20)22-13-14-23-21/h15-18H,3-14H2,1-2H3/t15-,16-,17+,18-,19-,20-/m1/s1. The smallest absolute Gasteiger partial charge is 0.174 e. The Balaban J connectivity index is 1.47. The molecule has 0 amide bonds. The van der Waals surface area contributed by atoms with Crippen LogP contribution in [0, 0.1) is 34.5 Å². The molecule has 5 aliphatic rings. The summed E-state index contributed by atoms with van der Waals surface area (Å²) in [5.41, 5.74) is 0.929. The molecular weight excluding hydrogens is 284 g/mol. The van der Waals surface area contributed by atoms with Gasteiger partial charge in [-0.05, 0) is 74.0 Å². The lowest BCUT2D eigenvalue weighted by atomic mass is 9.45. The highest BCUT2D eigenvalue weighted by Gasteiger charge is 2.66. The van der Waals surface area contributed by atoms with Crippen LogP contribution in [0.2, 0.25) is 0 Å². The van der Waals surface area contributed by atoms with Gasteiger partial charge in [0.05, 0.1) is 13.2 Å². The van der Waals surface area contributed by atoms with Gasteiger partial charge in [-0.15, -0.1) is 0 Å². The van der Waals surface area contributed by atoms with Gasteiger partial charge in [0.1, 0.15) is 0 Å². The molecule has 130 valence electrons. The fraction of sp³-hybridized carbons (Fsp3) is 1.00. The average Bonchev–Trinajstić information content (AvgIpc) is 3.14. The van der Waals surface area contributed by atoms with Crippen molar-refractivity contribution < 1.29 is 9.47 Å². The Morgan fingerprint density at radius 1 is 0.739 bits per heavy atom. The molecule has 0 unspecified atom stereocenters. The number of hydrogen-bond donors (Lipinski definition) is 0. The van der Waals surface area contributed by atoms with Crippen molar-refractivity contribution in [2.45, 2.75) is 83.8 Å². The monoisotopic (exact) mass is 318 g/mol. The van der Waals surface area contributed by atoms with E-state index in [9.17, 15) is 0 Å². The summed E-state index contributed by atoms with van der Waals surface area (Å²) in [7, 11) is 0. The number of hydrogen-bond acceptors (Lipinski definition) is 2. The normalized spacial score (nSPS) is 54.5. The van der Waals surface area contributed by atoms with Gasteiger partial charge in [0, 0.05) is 11.8 Å². The first-order valence-corrected chi connectivity index (χ1v) is 10.4. The van der Waals surface area contributed by atoms with Crippen LogP contribution in [0.4, 0.5) is 0 Å². The van der Waals surface area contributed by atoms with Gasteiger partial charge in [-0.2, -0.15) is 0 Å². The molecule has 0 aromatic heterocycles. The van der Waals surface area contributed by atoms with E-state index in [-0.39, 0.29) is 11.2 Å². The van der Waals surface area contributed by atoms with E-state index in [1.165, 1.54) is 57.8 Å². The lowest BCUT2D eigenvalue weighted by Gasteiger charge is -2.61. The number of ether oxygens (including phenoxy) is 2. The third kappa shape index (κ3) is 1.83. The molecule has 0 radical (unpaired) electrons. The minimum absolute atomic E-state index is 0.215. The Bertz CT molecular complexity index is 482. The van der Waals surface area contributed by atoms with Crippen molar-refractivity contribution >= 4 is 0 Å². The van der Waals surface area contributed by atoms with Gasteiger partial charge in [0.25, 0.3) is 0 Å². The van der Waals surface area contributed by atoms with Crippen LogP contribution in [-0.4, -0.2) is 19.0 Å². The maximum Gasteiger partial charge on any atom is 0.174 e. The molecule has 5 rings (SSSR count). The molecule has 0 aromatic rings. The molecule has 23 heavy (non-hydrogen) atoms. The molecule has 1 aliphatic heterocycles. The van der Waals surface area contributed by atoms with Crippen molar-refractivity contribution in [2.24, 2.45) is 34.5 Å². The van der Waals surface area contributed by atoms with E-state index in [1.807, 2.05) is 0 Å². The minimum Gasteiger partial charge on any atom is -0.347 e. The third-order valence-electron chi connectivity index (χ3n) is 9.38. The van der Waals surface area contributed by atoms with E-state index in [4.69, 9.17) is 9.47 Å². The maximum atomic E-state index is 6.26. The average molecular weight is 319 g/mol. The van der Waals surface area contributed by atoms with Crippen LogP contribution in [0.3, 0.4) is 0 Å².